The zero-order valence-corrected chi connectivity index (χ0v) is 37.8. The first kappa shape index (κ1) is 49.0. The normalized spacial score (nSPS) is 45.3. The lowest BCUT2D eigenvalue weighted by Gasteiger charge is -2.50. The Morgan fingerprint density at radius 3 is 2.15 bits per heavy atom. The molecular weight excluding hydrogens is 768 g/mol. The van der Waals surface area contributed by atoms with Gasteiger partial charge in [0.25, 0.3) is 0 Å². The molecule has 0 aromatic carbocycles. The van der Waals surface area contributed by atoms with Crippen LogP contribution in [0.4, 0.5) is 4.79 Å². The van der Waals surface area contributed by atoms with Gasteiger partial charge in [0.2, 0.25) is 0 Å². The number of cyclic esters (lactones) is 1. The summed E-state index contributed by atoms with van der Waals surface area (Å²) >= 11 is 0. The van der Waals surface area contributed by atoms with E-state index in [1.165, 1.54) is 26.4 Å². The van der Waals surface area contributed by atoms with Crippen LogP contribution in [0, 0.1) is 23.7 Å². The van der Waals surface area contributed by atoms with E-state index in [-0.39, 0.29) is 43.0 Å². The number of nitrogens with zero attached hydrogens (tertiary/aromatic N) is 1. The molecule has 0 aromatic rings. The SMILES string of the molecule is CC[C@H]1OC(=O)[C@H](C)[C@@H](O[C@H]2C[C@@](C)(OC)[C@@H](O)[C@H](C)O2)[C@H](C)[C@@H](O[C@@H]2O[C@H](C)C[C@H](N(C)C)[C@H]2O/C=C/C(C)=O)[C@@](C)(OC)C[C@@H](C)C(=O)[C@H](C)[C@H]2NC(=O)O[C@@]21C. The van der Waals surface area contributed by atoms with Crippen molar-refractivity contribution in [2.75, 3.05) is 28.3 Å². The molecule has 338 valence electrons. The zero-order chi connectivity index (χ0) is 44.4. The summed E-state index contributed by atoms with van der Waals surface area (Å²) in [6.45, 7) is 19.4. The summed E-state index contributed by atoms with van der Waals surface area (Å²) in [4.78, 5) is 55.9. The summed E-state index contributed by atoms with van der Waals surface area (Å²) in [6, 6.07) is -1.02. The first-order chi connectivity index (χ1) is 27.5. The van der Waals surface area contributed by atoms with Crippen LogP contribution in [-0.2, 0) is 57.0 Å². The van der Waals surface area contributed by atoms with Gasteiger partial charge in [-0.05, 0) is 81.8 Å². The molecule has 16 heteroatoms. The molecule has 16 nitrogen and oxygen atoms in total. The number of amides is 1. The van der Waals surface area contributed by atoms with Crippen molar-refractivity contribution in [3.63, 3.8) is 0 Å². The van der Waals surface area contributed by atoms with Crippen molar-refractivity contribution in [1.29, 1.82) is 0 Å². The van der Waals surface area contributed by atoms with Crippen molar-refractivity contribution >= 4 is 23.6 Å². The van der Waals surface area contributed by atoms with Crippen LogP contribution in [-0.4, -0.2) is 146 Å². The van der Waals surface area contributed by atoms with Gasteiger partial charge in [-0.3, -0.25) is 14.4 Å². The van der Waals surface area contributed by atoms with Gasteiger partial charge in [-0.2, -0.15) is 0 Å². The van der Waals surface area contributed by atoms with Crippen molar-refractivity contribution in [1.82, 2.24) is 10.2 Å². The minimum absolute atomic E-state index is 0.127. The van der Waals surface area contributed by atoms with Gasteiger partial charge in [-0.15, -0.1) is 0 Å². The van der Waals surface area contributed by atoms with E-state index >= 15 is 0 Å². The zero-order valence-electron chi connectivity index (χ0n) is 37.8. The van der Waals surface area contributed by atoms with Gasteiger partial charge in [0, 0.05) is 44.5 Å². The topological polar surface area (TPSA) is 187 Å². The Bertz CT molecular complexity index is 1510. The molecule has 4 saturated heterocycles. The van der Waals surface area contributed by atoms with Crippen LogP contribution in [0.15, 0.2) is 12.3 Å². The number of Topliss-reactive ketones (excluding diaryl/α,β-unsaturated/α-hetero) is 1. The van der Waals surface area contributed by atoms with Gasteiger partial charge < -0.3 is 58.0 Å². The van der Waals surface area contributed by atoms with Gasteiger partial charge in [0.05, 0.1) is 59.9 Å². The van der Waals surface area contributed by atoms with Gasteiger partial charge in [0.15, 0.2) is 30.1 Å². The molecule has 2 N–H and O–H groups in total. The van der Waals surface area contributed by atoms with Crippen molar-refractivity contribution in [3.8, 4) is 0 Å². The van der Waals surface area contributed by atoms with Gasteiger partial charge >= 0.3 is 12.1 Å². The number of nitrogens with one attached hydrogen (secondary N) is 1. The van der Waals surface area contributed by atoms with Crippen LogP contribution in [0.25, 0.3) is 0 Å². The summed E-state index contributed by atoms with van der Waals surface area (Å²) in [6.07, 6.45) is -4.36. The van der Waals surface area contributed by atoms with Crippen LogP contribution in [0.3, 0.4) is 0 Å². The molecule has 4 fully saturated rings. The van der Waals surface area contributed by atoms with E-state index in [1.54, 1.807) is 41.7 Å². The molecule has 0 spiro atoms. The van der Waals surface area contributed by atoms with E-state index in [2.05, 4.69) is 5.32 Å². The van der Waals surface area contributed by atoms with Gasteiger partial charge in [-0.1, -0.05) is 27.7 Å². The minimum Gasteiger partial charge on any atom is -0.491 e. The number of methoxy groups -OCH3 is 2. The molecule has 4 heterocycles. The molecule has 0 aromatic heterocycles. The van der Waals surface area contributed by atoms with Gasteiger partial charge in [0.1, 0.15) is 18.0 Å². The number of hydrogen-bond donors (Lipinski definition) is 2. The number of allylic oxidation sites excluding steroid dienone is 1. The largest absolute Gasteiger partial charge is 0.491 e. The molecule has 0 unspecified atom stereocenters. The number of likely N-dealkylation sites (N-methyl/N-ethyl adjacent to an activating group) is 1. The van der Waals surface area contributed by atoms with E-state index in [4.69, 9.17) is 42.6 Å². The summed E-state index contributed by atoms with van der Waals surface area (Å²) in [5, 5.41) is 13.9. The molecule has 1 amide bonds. The Morgan fingerprint density at radius 2 is 1.58 bits per heavy atom. The molecule has 0 aliphatic carbocycles. The first-order valence-electron chi connectivity index (χ1n) is 21.1. The standard InChI is InChI=1S/C43H72N2O14/c1-16-30-43(11)35(44-40(50)59-43)25(5)32(47)22(2)20-42(10,52-15)37(58-39-34(53-18-17-23(3)46)29(45(12)13)19-24(4)54-39)26(6)33(27(7)38(49)56-30)57-31-21-41(9,51-14)36(48)28(8)55-31/h17-18,22,24-31,33-37,39,48H,16,19-21H2,1-15H3,(H,44,50)/b18-17+/t22-,24-,25+,26+,27-,28+,29+,30-,31+,33+,34-,35-,36+,37-,39+,41-,42+,43-/m1/s1. The van der Waals surface area contributed by atoms with E-state index in [0.29, 0.717) is 6.42 Å². The van der Waals surface area contributed by atoms with Crippen LogP contribution >= 0.6 is 0 Å². The maximum Gasteiger partial charge on any atom is 0.408 e. The lowest BCUT2D eigenvalue weighted by Crippen LogP contribution is -2.61. The number of ether oxygens (including phenoxy) is 9. The highest BCUT2D eigenvalue weighted by atomic mass is 16.7. The fraction of sp³-hybridized carbons (Fsp3) is 0.860. The predicted octanol–water partition coefficient (Wildman–Crippen LogP) is 4.32. The number of esters is 1. The number of carbonyl (C=O) groups excluding carboxylic acids is 4. The highest BCUT2D eigenvalue weighted by molar-refractivity contribution is 5.87. The maximum absolute atomic E-state index is 14.6. The molecule has 18 atom stereocenters. The first-order valence-corrected chi connectivity index (χ1v) is 21.1. The van der Waals surface area contributed by atoms with Crippen LogP contribution in [0.2, 0.25) is 0 Å². The molecule has 4 rings (SSSR count). The smallest absolute Gasteiger partial charge is 0.408 e. The molecule has 4 aliphatic heterocycles. The van der Waals surface area contributed by atoms with Crippen LogP contribution in [0.5, 0.6) is 0 Å². The average molecular weight is 841 g/mol. The third-order valence-corrected chi connectivity index (χ3v) is 13.4. The molecular formula is C43H72N2O14. The minimum atomic E-state index is -1.37. The highest BCUT2D eigenvalue weighted by Gasteiger charge is 2.58. The fourth-order valence-corrected chi connectivity index (χ4v) is 9.69. The monoisotopic (exact) mass is 840 g/mol. The predicted molar refractivity (Wildman–Crippen MR) is 215 cm³/mol. The number of aliphatic hydroxyl groups excluding tert-OH is 1. The Balaban J connectivity index is 1.91. The van der Waals surface area contributed by atoms with Crippen molar-refractivity contribution in [3.05, 3.63) is 12.3 Å². The number of carbonyl (C=O) groups is 4. The Labute approximate surface area is 350 Å². The van der Waals surface area contributed by atoms with Crippen LogP contribution < -0.4 is 5.32 Å². The van der Waals surface area contributed by atoms with Crippen LogP contribution in [0.1, 0.15) is 102 Å². The maximum atomic E-state index is 14.6. The second-order valence-corrected chi connectivity index (χ2v) is 18.2. The van der Waals surface area contributed by atoms with E-state index in [1.807, 2.05) is 53.6 Å². The van der Waals surface area contributed by atoms with Crippen molar-refractivity contribution in [2.24, 2.45) is 23.7 Å². The summed E-state index contributed by atoms with van der Waals surface area (Å²) in [7, 11) is 6.92. The number of alkyl carbamates (subject to hydrolysis) is 1. The number of aliphatic hydroxyl groups is 1. The summed E-state index contributed by atoms with van der Waals surface area (Å²) < 4.78 is 57.4. The Hall–Kier alpha value is -2.70. The molecule has 0 saturated carbocycles. The van der Waals surface area contributed by atoms with Crippen molar-refractivity contribution < 1.29 is 66.9 Å². The second-order valence-electron chi connectivity index (χ2n) is 18.2. The molecule has 0 radical (unpaired) electrons. The van der Waals surface area contributed by atoms with E-state index in [0.717, 1.165) is 0 Å². The van der Waals surface area contributed by atoms with E-state index < -0.39 is 108 Å². The van der Waals surface area contributed by atoms with E-state index in [9.17, 15) is 24.3 Å². The number of ketones is 2. The third-order valence-electron chi connectivity index (χ3n) is 13.4. The number of rotatable bonds is 11. The molecule has 4 aliphatic rings. The molecule has 59 heavy (non-hydrogen) atoms. The number of hydrogen-bond acceptors (Lipinski definition) is 15. The highest BCUT2D eigenvalue weighted by Crippen LogP contribution is 2.43. The summed E-state index contributed by atoms with van der Waals surface area (Å²) in [5.74, 6) is -4.06. The lowest BCUT2D eigenvalue weighted by molar-refractivity contribution is -0.319. The Kier molecular flexibility index (Phi) is 16.2. The average Bonchev–Trinajstić information content (AvgIpc) is 3.49. The van der Waals surface area contributed by atoms with Gasteiger partial charge in [-0.25, -0.2) is 4.79 Å². The van der Waals surface area contributed by atoms with Crippen molar-refractivity contribution in [2.45, 2.75) is 186 Å². The second kappa shape index (κ2) is 19.6. The quantitative estimate of drug-likeness (QED) is 0.170. The fourth-order valence-electron chi connectivity index (χ4n) is 9.69. The Morgan fingerprint density at radius 1 is 0.932 bits per heavy atom. The third kappa shape index (κ3) is 10.5. The molecule has 0 bridgehead atoms. The number of fused-ring (bicyclic) bond motifs is 1. The lowest BCUT2D eigenvalue weighted by atomic mass is 9.73. The summed E-state index contributed by atoms with van der Waals surface area (Å²) in [5.41, 5.74) is -3.66.